The molecule has 0 aliphatic carbocycles. The smallest absolute Gasteiger partial charge is 0.261 e. The largest absolute Gasteiger partial charge is 0.379 e. The minimum Gasteiger partial charge on any atom is -0.379 e. The van der Waals surface area contributed by atoms with Crippen LogP contribution in [0.25, 0.3) is 22.7 Å². The summed E-state index contributed by atoms with van der Waals surface area (Å²) in [7, 11) is 0. The zero-order chi connectivity index (χ0) is 16.4. The van der Waals surface area contributed by atoms with Gasteiger partial charge in [0.1, 0.15) is 5.82 Å². The van der Waals surface area contributed by atoms with Crippen molar-refractivity contribution >= 4 is 0 Å². The summed E-state index contributed by atoms with van der Waals surface area (Å²) < 4.78 is 24.2. The molecule has 0 radical (unpaired) electrons. The van der Waals surface area contributed by atoms with E-state index >= 15 is 0 Å². The fourth-order valence-electron chi connectivity index (χ4n) is 2.70. The Morgan fingerprint density at radius 1 is 1.25 bits per heavy atom. The minimum absolute atomic E-state index is 0.313. The summed E-state index contributed by atoms with van der Waals surface area (Å²) in [4.78, 5) is 6.65. The first-order valence-electron chi connectivity index (χ1n) is 7.72. The lowest BCUT2D eigenvalue weighted by Gasteiger charge is -2.24. The van der Waals surface area contributed by atoms with Gasteiger partial charge in [-0.2, -0.15) is 10.1 Å². The molecular weight excluding hydrogens is 313 g/mol. The van der Waals surface area contributed by atoms with Gasteiger partial charge in [-0.15, -0.1) is 0 Å². The predicted molar refractivity (Wildman–Crippen MR) is 83.4 cm³/mol. The summed E-state index contributed by atoms with van der Waals surface area (Å²) in [5.74, 6) is 0.663. The van der Waals surface area contributed by atoms with Crippen molar-refractivity contribution in [1.82, 2.24) is 25.2 Å². The second kappa shape index (κ2) is 6.50. The van der Waals surface area contributed by atoms with Gasteiger partial charge in [-0.3, -0.25) is 10.00 Å². The van der Waals surface area contributed by atoms with E-state index in [1.165, 1.54) is 12.1 Å². The molecule has 2 aromatic heterocycles. The predicted octanol–water partition coefficient (Wildman–Crippen LogP) is 2.10. The van der Waals surface area contributed by atoms with Crippen molar-refractivity contribution in [2.24, 2.45) is 0 Å². The van der Waals surface area contributed by atoms with Crippen LogP contribution in [-0.4, -0.2) is 51.5 Å². The number of nitrogens with one attached hydrogen (secondary N) is 1. The van der Waals surface area contributed by atoms with Gasteiger partial charge in [0.05, 0.1) is 37.2 Å². The highest BCUT2D eigenvalue weighted by Crippen LogP contribution is 2.29. The van der Waals surface area contributed by atoms with Crippen LogP contribution in [-0.2, 0) is 11.3 Å². The van der Waals surface area contributed by atoms with Crippen molar-refractivity contribution < 1.29 is 13.7 Å². The van der Waals surface area contributed by atoms with Crippen LogP contribution in [0.2, 0.25) is 0 Å². The van der Waals surface area contributed by atoms with Gasteiger partial charge in [0, 0.05) is 18.7 Å². The van der Waals surface area contributed by atoms with Crippen LogP contribution >= 0.6 is 0 Å². The molecule has 3 heterocycles. The van der Waals surface area contributed by atoms with Crippen molar-refractivity contribution in [3.63, 3.8) is 0 Å². The number of aromatic amines is 1. The molecule has 0 unspecified atom stereocenters. The quantitative estimate of drug-likeness (QED) is 0.789. The summed E-state index contributed by atoms with van der Waals surface area (Å²) >= 11 is 0. The Morgan fingerprint density at radius 2 is 2.12 bits per heavy atom. The number of rotatable bonds is 4. The Balaban J connectivity index is 1.58. The molecule has 24 heavy (non-hydrogen) atoms. The van der Waals surface area contributed by atoms with E-state index in [0.717, 1.165) is 26.3 Å². The van der Waals surface area contributed by atoms with Gasteiger partial charge in [-0.05, 0) is 12.1 Å². The Labute approximate surface area is 137 Å². The number of aromatic nitrogens is 4. The summed E-state index contributed by atoms with van der Waals surface area (Å²) in [5, 5.41) is 10.9. The Morgan fingerprint density at radius 3 is 2.96 bits per heavy atom. The van der Waals surface area contributed by atoms with Gasteiger partial charge in [0.25, 0.3) is 5.89 Å². The molecule has 0 atom stereocenters. The molecule has 0 saturated carbocycles. The molecule has 0 amide bonds. The van der Waals surface area contributed by atoms with Crippen molar-refractivity contribution in [3.05, 3.63) is 42.1 Å². The van der Waals surface area contributed by atoms with Gasteiger partial charge in [-0.1, -0.05) is 17.3 Å². The second-order valence-electron chi connectivity index (χ2n) is 5.57. The molecule has 1 aliphatic heterocycles. The standard InChI is InChI=1S/C16H16FN5O2/c17-12-3-1-2-11(8-12)15-13(9-18-20-15)16-19-14(21-24-16)10-22-4-6-23-7-5-22/h1-3,8-9H,4-7,10H2,(H,18,20). The van der Waals surface area contributed by atoms with Gasteiger partial charge in [-0.25, -0.2) is 4.39 Å². The number of halogens is 1. The highest BCUT2D eigenvalue weighted by molar-refractivity contribution is 5.76. The van der Waals surface area contributed by atoms with E-state index < -0.39 is 0 Å². The zero-order valence-corrected chi connectivity index (χ0v) is 12.9. The van der Waals surface area contributed by atoms with Gasteiger partial charge < -0.3 is 9.26 Å². The molecule has 8 heteroatoms. The van der Waals surface area contributed by atoms with Crippen LogP contribution in [0.5, 0.6) is 0 Å². The van der Waals surface area contributed by atoms with Crippen molar-refractivity contribution in [2.45, 2.75) is 6.54 Å². The van der Waals surface area contributed by atoms with Crippen molar-refractivity contribution in [2.75, 3.05) is 26.3 Å². The number of H-pyrrole nitrogens is 1. The molecule has 3 aromatic rings. The third-order valence-electron chi connectivity index (χ3n) is 3.92. The molecule has 1 saturated heterocycles. The summed E-state index contributed by atoms with van der Waals surface area (Å²) in [6, 6.07) is 6.27. The third kappa shape index (κ3) is 3.06. The number of ether oxygens (including phenoxy) is 1. The molecule has 0 bridgehead atoms. The molecule has 124 valence electrons. The van der Waals surface area contributed by atoms with E-state index in [-0.39, 0.29) is 5.82 Å². The number of morpholine rings is 1. The zero-order valence-electron chi connectivity index (χ0n) is 12.9. The first-order chi connectivity index (χ1) is 11.8. The molecule has 1 fully saturated rings. The average molecular weight is 329 g/mol. The lowest BCUT2D eigenvalue weighted by atomic mass is 10.1. The van der Waals surface area contributed by atoms with Crippen LogP contribution in [0.15, 0.2) is 35.0 Å². The average Bonchev–Trinajstić information content (AvgIpc) is 3.24. The number of hydrogen-bond acceptors (Lipinski definition) is 6. The normalized spacial score (nSPS) is 15.7. The fraction of sp³-hybridized carbons (Fsp3) is 0.312. The minimum atomic E-state index is -0.313. The van der Waals surface area contributed by atoms with Gasteiger partial charge in [0.2, 0.25) is 0 Å². The van der Waals surface area contributed by atoms with E-state index in [4.69, 9.17) is 9.26 Å². The fourth-order valence-corrected chi connectivity index (χ4v) is 2.70. The highest BCUT2D eigenvalue weighted by Gasteiger charge is 2.19. The maximum absolute atomic E-state index is 13.5. The number of benzene rings is 1. The van der Waals surface area contributed by atoms with Crippen molar-refractivity contribution in [3.8, 4) is 22.7 Å². The topological polar surface area (TPSA) is 80.1 Å². The van der Waals surface area contributed by atoms with Crippen LogP contribution in [0.4, 0.5) is 4.39 Å². The lowest BCUT2D eigenvalue weighted by molar-refractivity contribution is 0.0327. The number of hydrogen-bond donors (Lipinski definition) is 1. The maximum Gasteiger partial charge on any atom is 0.261 e. The second-order valence-corrected chi connectivity index (χ2v) is 5.57. The maximum atomic E-state index is 13.5. The van der Waals surface area contributed by atoms with Crippen LogP contribution in [0, 0.1) is 5.82 Å². The van der Waals surface area contributed by atoms with E-state index in [9.17, 15) is 4.39 Å². The molecule has 1 aliphatic rings. The monoisotopic (exact) mass is 329 g/mol. The Kier molecular flexibility index (Phi) is 4.06. The SMILES string of the molecule is Fc1cccc(-c2[nH]ncc2-c2nc(CN3CCOCC3)no2)c1. The summed E-state index contributed by atoms with van der Waals surface area (Å²) in [6.45, 7) is 3.75. The van der Waals surface area contributed by atoms with Crippen LogP contribution in [0.1, 0.15) is 5.82 Å². The van der Waals surface area contributed by atoms with Crippen molar-refractivity contribution in [1.29, 1.82) is 0 Å². The molecule has 4 rings (SSSR count). The van der Waals surface area contributed by atoms with E-state index in [2.05, 4.69) is 25.2 Å². The van der Waals surface area contributed by atoms with Crippen LogP contribution < -0.4 is 0 Å². The summed E-state index contributed by atoms with van der Waals surface area (Å²) in [5.41, 5.74) is 1.98. The Bertz CT molecular complexity index is 825. The first-order valence-corrected chi connectivity index (χ1v) is 7.72. The van der Waals surface area contributed by atoms with Gasteiger partial charge in [0.15, 0.2) is 5.82 Å². The Hall–Kier alpha value is -2.58. The molecule has 7 nitrogen and oxygen atoms in total. The molecule has 0 spiro atoms. The third-order valence-corrected chi connectivity index (χ3v) is 3.92. The van der Waals surface area contributed by atoms with E-state index in [1.807, 2.05) is 0 Å². The first kappa shape index (κ1) is 15.0. The molecule has 1 aromatic carbocycles. The molecular formula is C16H16FN5O2. The number of nitrogens with zero attached hydrogens (tertiary/aromatic N) is 4. The van der Waals surface area contributed by atoms with Crippen LogP contribution in [0.3, 0.4) is 0 Å². The van der Waals surface area contributed by atoms with E-state index in [0.29, 0.717) is 35.1 Å². The highest BCUT2D eigenvalue weighted by atomic mass is 19.1. The molecule has 1 N–H and O–H groups in total. The summed E-state index contributed by atoms with van der Waals surface area (Å²) in [6.07, 6.45) is 1.60. The lowest BCUT2D eigenvalue weighted by Crippen LogP contribution is -2.35. The van der Waals surface area contributed by atoms with Gasteiger partial charge >= 0.3 is 0 Å². The van der Waals surface area contributed by atoms with E-state index in [1.54, 1.807) is 18.3 Å².